The van der Waals surface area contributed by atoms with Crippen LogP contribution >= 0.6 is 0 Å². The summed E-state index contributed by atoms with van der Waals surface area (Å²) in [6.45, 7) is 0. The molecule has 3 aromatic heterocycles. The van der Waals surface area contributed by atoms with E-state index in [0.717, 1.165) is 5.56 Å². The fourth-order valence-corrected chi connectivity index (χ4v) is 2.11. The molecule has 0 unspecified atom stereocenters. The van der Waals surface area contributed by atoms with E-state index in [2.05, 4.69) is 25.3 Å². The van der Waals surface area contributed by atoms with Crippen molar-refractivity contribution in [1.29, 1.82) is 0 Å². The average molecular weight is 337 g/mol. The first-order valence-corrected chi connectivity index (χ1v) is 7.32. The van der Waals surface area contributed by atoms with Crippen LogP contribution in [0.25, 0.3) is 11.3 Å². The lowest BCUT2D eigenvalue weighted by Crippen LogP contribution is -2.14. The van der Waals surface area contributed by atoms with Gasteiger partial charge < -0.3 is 14.8 Å². The second-order valence-electron chi connectivity index (χ2n) is 4.94. The number of methoxy groups -OCH3 is 2. The van der Waals surface area contributed by atoms with Crippen molar-refractivity contribution < 1.29 is 14.3 Å². The number of rotatable bonds is 5. The highest BCUT2D eigenvalue weighted by molar-refractivity contribution is 6.03. The van der Waals surface area contributed by atoms with E-state index < -0.39 is 0 Å². The zero-order chi connectivity index (χ0) is 17.6. The van der Waals surface area contributed by atoms with E-state index in [1.165, 1.54) is 26.7 Å². The molecule has 3 heterocycles. The lowest BCUT2D eigenvalue weighted by Gasteiger charge is -2.07. The Morgan fingerprint density at radius 2 is 1.92 bits per heavy atom. The van der Waals surface area contributed by atoms with Gasteiger partial charge in [-0.05, 0) is 12.1 Å². The second kappa shape index (κ2) is 7.35. The SMILES string of the molecule is COc1cncc(NC(=O)c2cc(-c3ccnc(OC)c3)ncn2)c1. The minimum Gasteiger partial charge on any atom is -0.495 e. The highest BCUT2D eigenvalue weighted by atomic mass is 16.5. The molecule has 0 fully saturated rings. The van der Waals surface area contributed by atoms with E-state index in [4.69, 9.17) is 9.47 Å². The van der Waals surface area contributed by atoms with Crippen LogP contribution in [0.2, 0.25) is 0 Å². The quantitative estimate of drug-likeness (QED) is 0.762. The van der Waals surface area contributed by atoms with Crippen molar-refractivity contribution in [3.05, 3.63) is 54.9 Å². The molecule has 25 heavy (non-hydrogen) atoms. The van der Waals surface area contributed by atoms with E-state index in [-0.39, 0.29) is 11.6 Å². The first-order valence-electron chi connectivity index (χ1n) is 7.32. The maximum atomic E-state index is 12.4. The van der Waals surface area contributed by atoms with Gasteiger partial charge in [-0.25, -0.2) is 15.0 Å². The van der Waals surface area contributed by atoms with Gasteiger partial charge in [0.1, 0.15) is 17.8 Å². The predicted molar refractivity (Wildman–Crippen MR) is 90.6 cm³/mol. The molecular formula is C17H15N5O3. The van der Waals surface area contributed by atoms with Gasteiger partial charge in [-0.3, -0.25) is 9.78 Å². The predicted octanol–water partition coefficient (Wildman–Crippen LogP) is 2.20. The van der Waals surface area contributed by atoms with Gasteiger partial charge in [-0.1, -0.05) is 0 Å². The molecule has 8 nitrogen and oxygen atoms in total. The van der Waals surface area contributed by atoms with Crippen molar-refractivity contribution in [2.75, 3.05) is 19.5 Å². The maximum absolute atomic E-state index is 12.4. The molecule has 0 atom stereocenters. The Labute approximate surface area is 143 Å². The number of carbonyl (C=O) groups is 1. The van der Waals surface area contributed by atoms with Crippen LogP contribution in [-0.2, 0) is 0 Å². The zero-order valence-corrected chi connectivity index (χ0v) is 13.6. The number of anilines is 1. The van der Waals surface area contributed by atoms with Gasteiger partial charge in [0.15, 0.2) is 0 Å². The zero-order valence-electron chi connectivity index (χ0n) is 13.6. The van der Waals surface area contributed by atoms with Gasteiger partial charge in [0.25, 0.3) is 5.91 Å². The molecule has 0 aliphatic heterocycles. The Hall–Kier alpha value is -3.55. The molecule has 3 rings (SSSR count). The van der Waals surface area contributed by atoms with Crippen molar-refractivity contribution >= 4 is 11.6 Å². The first kappa shape index (κ1) is 16.3. The van der Waals surface area contributed by atoms with Crippen LogP contribution in [-0.4, -0.2) is 40.1 Å². The van der Waals surface area contributed by atoms with Crippen LogP contribution < -0.4 is 14.8 Å². The van der Waals surface area contributed by atoms with Crippen molar-refractivity contribution in [1.82, 2.24) is 19.9 Å². The third-order valence-electron chi connectivity index (χ3n) is 3.35. The molecule has 3 aromatic rings. The summed E-state index contributed by atoms with van der Waals surface area (Å²) in [5, 5.41) is 2.73. The number of hydrogen-bond donors (Lipinski definition) is 1. The van der Waals surface area contributed by atoms with Crippen molar-refractivity contribution in [2.24, 2.45) is 0 Å². The molecule has 126 valence electrons. The number of nitrogens with zero attached hydrogens (tertiary/aromatic N) is 4. The third kappa shape index (κ3) is 3.86. The molecule has 0 aliphatic rings. The molecule has 0 aromatic carbocycles. The monoisotopic (exact) mass is 337 g/mol. The van der Waals surface area contributed by atoms with E-state index in [0.29, 0.717) is 23.0 Å². The minimum atomic E-state index is -0.375. The summed E-state index contributed by atoms with van der Waals surface area (Å²) >= 11 is 0. The standard InChI is InChI=1S/C17H15N5O3/c1-24-13-6-12(8-18-9-13)22-17(23)15-7-14(20-10-21-15)11-3-4-19-16(5-11)25-2/h3-10H,1-2H3,(H,22,23). The van der Waals surface area contributed by atoms with E-state index in [1.807, 2.05) is 0 Å². The number of pyridine rings is 2. The van der Waals surface area contributed by atoms with Gasteiger partial charge in [0.2, 0.25) is 5.88 Å². The number of hydrogen-bond acceptors (Lipinski definition) is 7. The van der Waals surface area contributed by atoms with Gasteiger partial charge in [0, 0.05) is 23.9 Å². The highest BCUT2D eigenvalue weighted by Gasteiger charge is 2.11. The summed E-state index contributed by atoms with van der Waals surface area (Å²) in [4.78, 5) is 28.7. The molecule has 1 amide bonds. The summed E-state index contributed by atoms with van der Waals surface area (Å²) < 4.78 is 10.2. The van der Waals surface area contributed by atoms with Crippen molar-refractivity contribution in [3.8, 4) is 22.9 Å². The Morgan fingerprint density at radius 1 is 1.04 bits per heavy atom. The summed E-state index contributed by atoms with van der Waals surface area (Å²) in [5.74, 6) is 0.634. The van der Waals surface area contributed by atoms with Crippen LogP contribution in [0.4, 0.5) is 5.69 Å². The van der Waals surface area contributed by atoms with Crippen molar-refractivity contribution in [2.45, 2.75) is 0 Å². The highest BCUT2D eigenvalue weighted by Crippen LogP contribution is 2.21. The largest absolute Gasteiger partial charge is 0.495 e. The Kier molecular flexibility index (Phi) is 4.79. The smallest absolute Gasteiger partial charge is 0.274 e. The topological polar surface area (TPSA) is 99.1 Å². The summed E-state index contributed by atoms with van der Waals surface area (Å²) in [5.41, 5.74) is 2.09. The van der Waals surface area contributed by atoms with E-state index in [1.54, 1.807) is 36.7 Å². The van der Waals surface area contributed by atoms with Crippen molar-refractivity contribution in [3.63, 3.8) is 0 Å². The fraction of sp³-hybridized carbons (Fsp3) is 0.118. The van der Waals surface area contributed by atoms with Crippen LogP contribution in [0, 0.1) is 0 Å². The lowest BCUT2D eigenvalue weighted by atomic mass is 10.1. The lowest BCUT2D eigenvalue weighted by molar-refractivity contribution is 0.102. The first-order chi connectivity index (χ1) is 12.2. The summed E-state index contributed by atoms with van der Waals surface area (Å²) in [6, 6.07) is 6.77. The molecule has 0 saturated heterocycles. The second-order valence-corrected chi connectivity index (χ2v) is 4.94. The van der Waals surface area contributed by atoms with Crippen LogP contribution in [0.3, 0.4) is 0 Å². The Morgan fingerprint density at radius 3 is 2.72 bits per heavy atom. The van der Waals surface area contributed by atoms with Gasteiger partial charge >= 0.3 is 0 Å². The Bertz CT molecular complexity index is 901. The summed E-state index contributed by atoms with van der Waals surface area (Å²) in [6.07, 6.45) is 6.02. The number of nitrogens with one attached hydrogen (secondary N) is 1. The normalized spacial score (nSPS) is 10.2. The summed E-state index contributed by atoms with van der Waals surface area (Å²) in [7, 11) is 3.06. The minimum absolute atomic E-state index is 0.226. The van der Waals surface area contributed by atoms with Gasteiger partial charge in [-0.15, -0.1) is 0 Å². The molecule has 0 saturated carbocycles. The number of amides is 1. The molecule has 0 radical (unpaired) electrons. The molecule has 0 bridgehead atoms. The number of carbonyl (C=O) groups excluding carboxylic acids is 1. The van der Waals surface area contributed by atoms with Crippen LogP contribution in [0.15, 0.2) is 49.2 Å². The number of aromatic nitrogens is 4. The van der Waals surface area contributed by atoms with E-state index in [9.17, 15) is 4.79 Å². The van der Waals surface area contributed by atoms with Crippen LogP contribution in [0.5, 0.6) is 11.6 Å². The van der Waals surface area contributed by atoms with Gasteiger partial charge in [-0.2, -0.15) is 0 Å². The molecule has 8 heteroatoms. The maximum Gasteiger partial charge on any atom is 0.274 e. The Balaban J connectivity index is 1.84. The fourth-order valence-electron chi connectivity index (χ4n) is 2.11. The third-order valence-corrected chi connectivity index (χ3v) is 3.35. The molecular weight excluding hydrogens is 322 g/mol. The van der Waals surface area contributed by atoms with Gasteiger partial charge in [0.05, 0.1) is 38.0 Å². The molecule has 0 aliphatic carbocycles. The number of ether oxygens (including phenoxy) is 2. The average Bonchev–Trinajstić information content (AvgIpc) is 2.68. The van der Waals surface area contributed by atoms with Crippen LogP contribution in [0.1, 0.15) is 10.5 Å². The van der Waals surface area contributed by atoms with E-state index >= 15 is 0 Å². The molecule has 0 spiro atoms. The molecule has 1 N–H and O–H groups in total.